The summed E-state index contributed by atoms with van der Waals surface area (Å²) in [6, 6.07) is 13.5. The summed E-state index contributed by atoms with van der Waals surface area (Å²) in [6.07, 6.45) is -0.0896. The first-order chi connectivity index (χ1) is 9.60. The van der Waals surface area contributed by atoms with Gasteiger partial charge >= 0.3 is 0 Å². The molecular formula is C16H16BrClO2. The first-order valence-electron chi connectivity index (χ1n) is 6.30. The van der Waals surface area contributed by atoms with Crippen molar-refractivity contribution < 1.29 is 9.84 Å². The number of halogens is 2. The van der Waals surface area contributed by atoms with Crippen LogP contribution < -0.4 is 0 Å². The second kappa shape index (κ2) is 7.23. The number of ether oxygens (including phenoxy) is 1. The van der Waals surface area contributed by atoms with Gasteiger partial charge < -0.3 is 9.84 Å². The smallest absolute Gasteiger partial charge is 0.0831 e. The van der Waals surface area contributed by atoms with E-state index < -0.39 is 6.10 Å². The van der Waals surface area contributed by atoms with Gasteiger partial charge in [-0.05, 0) is 28.8 Å². The Morgan fingerprint density at radius 2 is 2.05 bits per heavy atom. The lowest BCUT2D eigenvalue weighted by atomic mass is 10.00. The highest BCUT2D eigenvalue weighted by Gasteiger charge is 2.11. The number of hydrogen-bond donors (Lipinski definition) is 1. The number of methoxy groups -OCH3 is 1. The molecule has 1 N–H and O–H groups in total. The lowest BCUT2D eigenvalue weighted by Gasteiger charge is -2.13. The Morgan fingerprint density at radius 3 is 2.75 bits per heavy atom. The van der Waals surface area contributed by atoms with Crippen LogP contribution in [0.2, 0.25) is 5.02 Å². The molecule has 0 saturated carbocycles. The first-order valence-corrected chi connectivity index (χ1v) is 7.47. The average Bonchev–Trinajstić information content (AvgIpc) is 2.42. The highest BCUT2D eigenvalue weighted by molar-refractivity contribution is 9.10. The van der Waals surface area contributed by atoms with Crippen LogP contribution in [0, 0.1) is 0 Å². The Morgan fingerprint density at radius 1 is 1.25 bits per heavy atom. The van der Waals surface area contributed by atoms with Gasteiger partial charge in [-0.3, -0.25) is 0 Å². The van der Waals surface area contributed by atoms with Gasteiger partial charge in [-0.15, -0.1) is 0 Å². The minimum absolute atomic E-state index is 0.489. The normalized spacial score (nSPS) is 12.4. The molecule has 1 atom stereocenters. The zero-order valence-electron chi connectivity index (χ0n) is 11.1. The molecule has 0 aliphatic heterocycles. The van der Waals surface area contributed by atoms with Crippen LogP contribution >= 0.6 is 27.5 Å². The Balaban J connectivity index is 2.15. The van der Waals surface area contributed by atoms with E-state index in [4.69, 9.17) is 16.3 Å². The largest absolute Gasteiger partial charge is 0.388 e. The molecule has 2 aromatic carbocycles. The molecule has 2 nitrogen and oxygen atoms in total. The monoisotopic (exact) mass is 354 g/mol. The van der Waals surface area contributed by atoms with E-state index in [1.165, 1.54) is 0 Å². The Hall–Kier alpha value is -0.870. The van der Waals surface area contributed by atoms with E-state index in [0.29, 0.717) is 18.1 Å². The molecule has 20 heavy (non-hydrogen) atoms. The molecule has 0 amide bonds. The molecule has 0 aliphatic rings. The third-order valence-electron chi connectivity index (χ3n) is 3.08. The summed E-state index contributed by atoms with van der Waals surface area (Å²) in [5.41, 5.74) is 2.85. The molecule has 0 spiro atoms. The molecule has 0 radical (unpaired) electrons. The maximum Gasteiger partial charge on any atom is 0.0831 e. The van der Waals surface area contributed by atoms with E-state index in [1.807, 2.05) is 42.5 Å². The fraction of sp³-hybridized carbons (Fsp3) is 0.250. The first kappa shape index (κ1) is 15.5. The Labute approximate surface area is 132 Å². The summed E-state index contributed by atoms with van der Waals surface area (Å²) < 4.78 is 6.04. The fourth-order valence-corrected chi connectivity index (χ4v) is 2.82. The molecule has 2 aromatic rings. The summed E-state index contributed by atoms with van der Waals surface area (Å²) >= 11 is 9.55. The average molecular weight is 356 g/mol. The van der Waals surface area contributed by atoms with Crippen LogP contribution in [-0.2, 0) is 17.8 Å². The van der Waals surface area contributed by atoms with Gasteiger partial charge in [0.1, 0.15) is 0 Å². The lowest BCUT2D eigenvalue weighted by molar-refractivity contribution is 0.175. The fourth-order valence-electron chi connectivity index (χ4n) is 2.07. The number of hydrogen-bond acceptors (Lipinski definition) is 2. The van der Waals surface area contributed by atoms with Crippen LogP contribution in [0.4, 0.5) is 0 Å². The van der Waals surface area contributed by atoms with E-state index in [1.54, 1.807) is 7.11 Å². The molecule has 0 heterocycles. The Kier molecular flexibility index (Phi) is 5.61. The third kappa shape index (κ3) is 4.06. The van der Waals surface area contributed by atoms with Gasteiger partial charge in [0.2, 0.25) is 0 Å². The van der Waals surface area contributed by atoms with Crippen LogP contribution in [0.5, 0.6) is 0 Å². The van der Waals surface area contributed by atoms with Gasteiger partial charge in [0.05, 0.1) is 12.7 Å². The standard InChI is InChI=1S/C16H16BrClO2/c1-20-10-11-3-2-4-13(7-11)16(19)8-12-5-6-14(17)9-15(12)18/h2-7,9,16,19H,8,10H2,1H3. The molecule has 0 saturated heterocycles. The van der Waals surface area contributed by atoms with Crippen LogP contribution in [0.15, 0.2) is 46.9 Å². The number of aliphatic hydroxyl groups excluding tert-OH is 1. The quantitative estimate of drug-likeness (QED) is 0.854. The van der Waals surface area contributed by atoms with Gasteiger partial charge in [-0.25, -0.2) is 0 Å². The minimum Gasteiger partial charge on any atom is -0.388 e. The van der Waals surface area contributed by atoms with Gasteiger partial charge in [0, 0.05) is 23.0 Å². The van der Waals surface area contributed by atoms with Crippen LogP contribution in [0.3, 0.4) is 0 Å². The Bertz CT molecular complexity index is 586. The van der Waals surface area contributed by atoms with E-state index >= 15 is 0 Å². The third-order valence-corrected chi connectivity index (χ3v) is 3.92. The maximum absolute atomic E-state index is 10.3. The zero-order valence-corrected chi connectivity index (χ0v) is 13.5. The van der Waals surface area contributed by atoms with E-state index in [-0.39, 0.29) is 0 Å². The van der Waals surface area contributed by atoms with Crippen LogP contribution in [0.25, 0.3) is 0 Å². The number of aliphatic hydroxyl groups is 1. The van der Waals surface area contributed by atoms with E-state index in [2.05, 4.69) is 15.9 Å². The van der Waals surface area contributed by atoms with Crippen molar-refractivity contribution in [2.45, 2.75) is 19.1 Å². The SMILES string of the molecule is COCc1cccc(C(O)Cc2ccc(Br)cc2Cl)c1. The van der Waals surface area contributed by atoms with Gasteiger partial charge in [0.15, 0.2) is 0 Å². The number of benzene rings is 2. The molecule has 0 fully saturated rings. The molecule has 2 rings (SSSR count). The summed E-state index contributed by atoms with van der Waals surface area (Å²) in [7, 11) is 1.66. The summed E-state index contributed by atoms with van der Waals surface area (Å²) in [6.45, 7) is 0.541. The van der Waals surface area contributed by atoms with Crippen molar-refractivity contribution in [3.63, 3.8) is 0 Å². The summed E-state index contributed by atoms with van der Waals surface area (Å²) in [4.78, 5) is 0. The molecule has 0 bridgehead atoms. The lowest BCUT2D eigenvalue weighted by Crippen LogP contribution is -2.03. The molecule has 4 heteroatoms. The van der Waals surface area contributed by atoms with E-state index in [0.717, 1.165) is 21.2 Å². The van der Waals surface area contributed by atoms with Crippen molar-refractivity contribution in [3.05, 3.63) is 68.7 Å². The molecule has 0 aliphatic carbocycles. The molecule has 0 aromatic heterocycles. The van der Waals surface area contributed by atoms with Crippen molar-refractivity contribution in [1.82, 2.24) is 0 Å². The van der Waals surface area contributed by atoms with Crippen molar-refractivity contribution in [2.24, 2.45) is 0 Å². The minimum atomic E-state index is -0.578. The maximum atomic E-state index is 10.3. The zero-order chi connectivity index (χ0) is 14.5. The summed E-state index contributed by atoms with van der Waals surface area (Å²) in [5.74, 6) is 0. The van der Waals surface area contributed by atoms with Gasteiger partial charge in [-0.1, -0.05) is 57.9 Å². The molecule has 106 valence electrons. The summed E-state index contributed by atoms with van der Waals surface area (Å²) in [5, 5.41) is 11.0. The molecular weight excluding hydrogens is 340 g/mol. The topological polar surface area (TPSA) is 29.5 Å². The van der Waals surface area contributed by atoms with Crippen LogP contribution in [0.1, 0.15) is 22.8 Å². The second-order valence-electron chi connectivity index (χ2n) is 4.63. The molecule has 1 unspecified atom stereocenters. The highest BCUT2D eigenvalue weighted by Crippen LogP contribution is 2.26. The van der Waals surface area contributed by atoms with Gasteiger partial charge in [0.25, 0.3) is 0 Å². The van der Waals surface area contributed by atoms with Crippen molar-refractivity contribution in [2.75, 3.05) is 7.11 Å². The second-order valence-corrected chi connectivity index (χ2v) is 5.96. The predicted molar refractivity (Wildman–Crippen MR) is 85.0 cm³/mol. The highest BCUT2D eigenvalue weighted by atomic mass is 79.9. The van der Waals surface area contributed by atoms with Gasteiger partial charge in [-0.2, -0.15) is 0 Å². The van der Waals surface area contributed by atoms with E-state index in [9.17, 15) is 5.11 Å². The van der Waals surface area contributed by atoms with Crippen LogP contribution in [-0.4, -0.2) is 12.2 Å². The van der Waals surface area contributed by atoms with Crippen molar-refractivity contribution >= 4 is 27.5 Å². The number of rotatable bonds is 5. The van der Waals surface area contributed by atoms with Crippen molar-refractivity contribution in [1.29, 1.82) is 0 Å². The van der Waals surface area contributed by atoms with Crippen molar-refractivity contribution in [3.8, 4) is 0 Å². The predicted octanol–water partition coefficient (Wildman–Crippen LogP) is 4.53.